The highest BCUT2D eigenvalue weighted by atomic mass is 15.2. The van der Waals surface area contributed by atoms with Crippen LogP contribution in [0.3, 0.4) is 0 Å². The van der Waals surface area contributed by atoms with Crippen LogP contribution < -0.4 is 5.73 Å². The van der Waals surface area contributed by atoms with Crippen molar-refractivity contribution in [3.63, 3.8) is 0 Å². The van der Waals surface area contributed by atoms with Crippen LogP contribution in [0.4, 0.5) is 0 Å². The lowest BCUT2D eigenvalue weighted by atomic mass is 9.83. The van der Waals surface area contributed by atoms with Gasteiger partial charge in [0.1, 0.15) is 0 Å². The normalized spacial score (nSPS) is 34.4. The maximum absolute atomic E-state index is 5.81. The van der Waals surface area contributed by atoms with E-state index < -0.39 is 0 Å². The molecule has 0 aromatic carbocycles. The molecule has 2 nitrogen and oxygen atoms in total. The van der Waals surface area contributed by atoms with Gasteiger partial charge >= 0.3 is 0 Å². The van der Waals surface area contributed by atoms with Gasteiger partial charge in [0.25, 0.3) is 0 Å². The Hall–Kier alpha value is -0.0800. The van der Waals surface area contributed by atoms with E-state index in [-0.39, 0.29) is 5.41 Å². The topological polar surface area (TPSA) is 29.3 Å². The molecule has 0 amide bonds. The smallest absolute Gasteiger partial charge is 0.00930 e. The minimum absolute atomic E-state index is 0.255. The number of rotatable bonds is 3. The Morgan fingerprint density at radius 1 is 1.27 bits per heavy atom. The molecule has 15 heavy (non-hydrogen) atoms. The van der Waals surface area contributed by atoms with Crippen molar-refractivity contribution < 1.29 is 0 Å². The van der Waals surface area contributed by atoms with Crippen LogP contribution in [0.5, 0.6) is 0 Å². The van der Waals surface area contributed by atoms with E-state index in [1.807, 2.05) is 0 Å². The van der Waals surface area contributed by atoms with E-state index in [1.54, 1.807) is 0 Å². The zero-order chi connectivity index (χ0) is 11.6. The van der Waals surface area contributed by atoms with Gasteiger partial charge in [-0.15, -0.1) is 0 Å². The number of hydrogen-bond donors (Lipinski definition) is 1. The van der Waals surface area contributed by atoms with Gasteiger partial charge < -0.3 is 5.73 Å². The van der Waals surface area contributed by atoms with E-state index in [0.717, 1.165) is 24.9 Å². The molecule has 1 fully saturated rings. The molecular formula is C13H28N2. The van der Waals surface area contributed by atoms with E-state index in [9.17, 15) is 0 Å². The molecule has 2 heteroatoms. The monoisotopic (exact) mass is 212 g/mol. The third-order valence-electron chi connectivity index (χ3n) is 3.90. The van der Waals surface area contributed by atoms with E-state index >= 15 is 0 Å². The first-order chi connectivity index (χ1) is 6.85. The summed E-state index contributed by atoms with van der Waals surface area (Å²) in [5.41, 5.74) is 6.07. The van der Waals surface area contributed by atoms with Gasteiger partial charge in [-0.25, -0.2) is 0 Å². The summed E-state index contributed by atoms with van der Waals surface area (Å²) in [5.74, 6) is 1.66. The van der Waals surface area contributed by atoms with Crippen molar-refractivity contribution >= 4 is 0 Å². The van der Waals surface area contributed by atoms with Gasteiger partial charge in [-0.3, -0.25) is 4.90 Å². The molecule has 0 spiro atoms. The van der Waals surface area contributed by atoms with Gasteiger partial charge in [-0.2, -0.15) is 0 Å². The fourth-order valence-electron chi connectivity index (χ4n) is 2.66. The lowest BCUT2D eigenvalue weighted by Crippen LogP contribution is -2.50. The van der Waals surface area contributed by atoms with Crippen LogP contribution in [0.15, 0.2) is 0 Å². The van der Waals surface area contributed by atoms with E-state index in [2.05, 4.69) is 39.5 Å². The average molecular weight is 212 g/mol. The minimum Gasteiger partial charge on any atom is -0.330 e. The summed E-state index contributed by atoms with van der Waals surface area (Å²) in [5, 5.41) is 0. The molecule has 90 valence electrons. The Labute approximate surface area is 95.2 Å². The molecule has 3 atom stereocenters. The lowest BCUT2D eigenvalue weighted by molar-refractivity contribution is 0.0483. The zero-order valence-corrected chi connectivity index (χ0v) is 11.1. The second-order valence-corrected chi connectivity index (χ2v) is 6.36. The van der Waals surface area contributed by atoms with Gasteiger partial charge in [-0.1, -0.05) is 27.7 Å². The molecule has 1 rings (SSSR count). The van der Waals surface area contributed by atoms with Crippen molar-refractivity contribution in [1.29, 1.82) is 0 Å². The summed E-state index contributed by atoms with van der Waals surface area (Å²) in [6, 6.07) is 0.715. The SMILES string of the molecule is CC1CC(C)C(C)N(CC(C)(C)CN)C1. The highest BCUT2D eigenvalue weighted by Crippen LogP contribution is 2.29. The Morgan fingerprint density at radius 2 is 1.87 bits per heavy atom. The third-order valence-corrected chi connectivity index (χ3v) is 3.90. The average Bonchev–Trinajstić information content (AvgIpc) is 2.13. The largest absolute Gasteiger partial charge is 0.330 e. The van der Waals surface area contributed by atoms with Gasteiger partial charge in [0.15, 0.2) is 0 Å². The number of nitrogens with two attached hydrogens (primary N) is 1. The second kappa shape index (κ2) is 4.84. The predicted molar refractivity (Wildman–Crippen MR) is 66.8 cm³/mol. The Kier molecular flexibility index (Phi) is 4.19. The standard InChI is InChI=1S/C13H28N2/c1-10-6-11(2)12(3)15(7-10)9-13(4,5)8-14/h10-12H,6-9,14H2,1-5H3. The Balaban J connectivity index is 2.59. The number of piperidine rings is 1. The quantitative estimate of drug-likeness (QED) is 0.778. The van der Waals surface area contributed by atoms with Crippen molar-refractivity contribution in [1.82, 2.24) is 4.90 Å². The summed E-state index contributed by atoms with van der Waals surface area (Å²) in [6.45, 7) is 14.8. The summed E-state index contributed by atoms with van der Waals surface area (Å²) in [7, 11) is 0. The van der Waals surface area contributed by atoms with Crippen molar-refractivity contribution in [2.45, 2.75) is 47.1 Å². The summed E-state index contributed by atoms with van der Waals surface area (Å²) in [4.78, 5) is 2.63. The maximum atomic E-state index is 5.81. The number of likely N-dealkylation sites (tertiary alicyclic amines) is 1. The Bertz CT molecular complexity index is 201. The minimum atomic E-state index is 0.255. The third kappa shape index (κ3) is 3.46. The van der Waals surface area contributed by atoms with E-state index in [1.165, 1.54) is 13.0 Å². The molecule has 1 aliphatic heterocycles. The molecule has 0 aliphatic carbocycles. The molecule has 0 aromatic heterocycles. The van der Waals surface area contributed by atoms with Crippen LogP contribution in [-0.2, 0) is 0 Å². The van der Waals surface area contributed by atoms with E-state index in [4.69, 9.17) is 5.73 Å². The molecule has 1 aliphatic rings. The number of nitrogens with zero attached hydrogens (tertiary/aromatic N) is 1. The molecule has 2 N–H and O–H groups in total. The van der Waals surface area contributed by atoms with Gasteiger partial charge in [0.2, 0.25) is 0 Å². The van der Waals surface area contributed by atoms with Crippen molar-refractivity contribution in [2.24, 2.45) is 23.0 Å². The molecule has 0 aromatic rings. The molecule has 0 radical (unpaired) electrons. The van der Waals surface area contributed by atoms with Crippen molar-refractivity contribution in [2.75, 3.05) is 19.6 Å². The first-order valence-corrected chi connectivity index (χ1v) is 6.30. The first kappa shape index (κ1) is 13.0. The molecule has 3 unspecified atom stereocenters. The van der Waals surface area contributed by atoms with Crippen LogP contribution in [-0.4, -0.2) is 30.6 Å². The fourth-order valence-corrected chi connectivity index (χ4v) is 2.66. The van der Waals surface area contributed by atoms with Crippen LogP contribution in [0.2, 0.25) is 0 Å². The Morgan fingerprint density at radius 3 is 2.40 bits per heavy atom. The predicted octanol–water partition coefficient (Wildman–Crippen LogP) is 2.34. The van der Waals surface area contributed by atoms with E-state index in [0.29, 0.717) is 6.04 Å². The van der Waals surface area contributed by atoms with Gasteiger partial charge in [-0.05, 0) is 37.1 Å². The lowest BCUT2D eigenvalue weighted by Gasteiger charge is -2.44. The van der Waals surface area contributed by atoms with Crippen LogP contribution in [0.25, 0.3) is 0 Å². The molecule has 1 heterocycles. The molecule has 0 saturated carbocycles. The van der Waals surface area contributed by atoms with Crippen molar-refractivity contribution in [3.05, 3.63) is 0 Å². The first-order valence-electron chi connectivity index (χ1n) is 6.30. The highest BCUT2D eigenvalue weighted by Gasteiger charge is 2.31. The molecule has 0 bridgehead atoms. The molecule has 1 saturated heterocycles. The van der Waals surface area contributed by atoms with Crippen molar-refractivity contribution in [3.8, 4) is 0 Å². The maximum Gasteiger partial charge on any atom is 0.00930 e. The highest BCUT2D eigenvalue weighted by molar-refractivity contribution is 4.85. The fraction of sp³-hybridized carbons (Fsp3) is 1.00. The van der Waals surface area contributed by atoms with Gasteiger partial charge in [0, 0.05) is 19.1 Å². The summed E-state index contributed by atoms with van der Waals surface area (Å²) >= 11 is 0. The second-order valence-electron chi connectivity index (χ2n) is 6.36. The zero-order valence-electron chi connectivity index (χ0n) is 11.1. The van der Waals surface area contributed by atoms with Crippen LogP contribution >= 0.6 is 0 Å². The number of hydrogen-bond acceptors (Lipinski definition) is 2. The summed E-state index contributed by atoms with van der Waals surface area (Å²) < 4.78 is 0. The van der Waals surface area contributed by atoms with Crippen LogP contribution in [0.1, 0.15) is 41.0 Å². The van der Waals surface area contributed by atoms with Gasteiger partial charge in [0.05, 0.1) is 0 Å². The van der Waals surface area contributed by atoms with Crippen LogP contribution in [0, 0.1) is 17.3 Å². The summed E-state index contributed by atoms with van der Waals surface area (Å²) in [6.07, 6.45) is 1.38. The molecular weight excluding hydrogens is 184 g/mol.